The lowest BCUT2D eigenvalue weighted by molar-refractivity contribution is -0.141. The molecule has 2 aliphatic heterocycles. The highest BCUT2D eigenvalue weighted by atomic mass is 35.5. The summed E-state index contributed by atoms with van der Waals surface area (Å²) in [6, 6.07) is 0. The summed E-state index contributed by atoms with van der Waals surface area (Å²) >= 11 is 0. The van der Waals surface area contributed by atoms with Gasteiger partial charge < -0.3 is 15.1 Å². The first-order valence-corrected chi connectivity index (χ1v) is 8.04. The molecule has 0 aromatic heterocycles. The number of rotatable bonds is 2. The van der Waals surface area contributed by atoms with Crippen molar-refractivity contribution in [3.63, 3.8) is 0 Å². The molecule has 0 bridgehead atoms. The largest absolute Gasteiger partial charge is 0.342 e. The molecule has 3 aliphatic rings. The molecule has 1 aliphatic carbocycles. The third-order valence-corrected chi connectivity index (χ3v) is 4.66. The topological polar surface area (TPSA) is 52.7 Å². The SMILES string of the molecule is Cl.O=C(C1CCCN(C(=O)C2CC2)C1)N1CCCNCC1. The van der Waals surface area contributed by atoms with Crippen LogP contribution in [0.15, 0.2) is 0 Å². The van der Waals surface area contributed by atoms with E-state index >= 15 is 0 Å². The zero-order chi connectivity index (χ0) is 13.9. The van der Waals surface area contributed by atoms with E-state index in [1.54, 1.807) is 0 Å². The van der Waals surface area contributed by atoms with E-state index in [4.69, 9.17) is 0 Å². The maximum Gasteiger partial charge on any atom is 0.227 e. The van der Waals surface area contributed by atoms with Gasteiger partial charge in [0.1, 0.15) is 0 Å². The van der Waals surface area contributed by atoms with Crippen LogP contribution >= 0.6 is 12.4 Å². The number of hydrogen-bond acceptors (Lipinski definition) is 3. The quantitative estimate of drug-likeness (QED) is 0.823. The molecule has 120 valence electrons. The van der Waals surface area contributed by atoms with E-state index in [1.807, 2.05) is 9.80 Å². The molecule has 1 unspecified atom stereocenters. The van der Waals surface area contributed by atoms with Gasteiger partial charge in [0, 0.05) is 38.6 Å². The first-order chi connectivity index (χ1) is 9.75. The van der Waals surface area contributed by atoms with Crippen molar-refractivity contribution in [2.45, 2.75) is 32.1 Å². The highest BCUT2D eigenvalue weighted by Gasteiger charge is 2.37. The van der Waals surface area contributed by atoms with Gasteiger partial charge in [-0.2, -0.15) is 0 Å². The van der Waals surface area contributed by atoms with Crippen LogP contribution in [0.1, 0.15) is 32.1 Å². The first-order valence-electron chi connectivity index (χ1n) is 8.04. The lowest BCUT2D eigenvalue weighted by atomic mass is 9.96. The summed E-state index contributed by atoms with van der Waals surface area (Å²) in [5.41, 5.74) is 0. The predicted octanol–water partition coefficient (Wildman–Crippen LogP) is 0.879. The summed E-state index contributed by atoms with van der Waals surface area (Å²) in [4.78, 5) is 28.7. The smallest absolute Gasteiger partial charge is 0.227 e. The Bertz CT molecular complexity index is 379. The van der Waals surface area contributed by atoms with Gasteiger partial charge in [-0.25, -0.2) is 0 Å². The molecule has 3 rings (SSSR count). The van der Waals surface area contributed by atoms with Gasteiger partial charge in [0.2, 0.25) is 11.8 Å². The maximum atomic E-state index is 12.6. The molecule has 1 N–H and O–H groups in total. The van der Waals surface area contributed by atoms with Crippen LogP contribution in [0.4, 0.5) is 0 Å². The lowest BCUT2D eigenvalue weighted by Crippen LogP contribution is -2.47. The third-order valence-electron chi connectivity index (χ3n) is 4.66. The fraction of sp³-hybridized carbons (Fsp3) is 0.867. The van der Waals surface area contributed by atoms with E-state index in [2.05, 4.69) is 5.32 Å². The Kier molecular flexibility index (Phi) is 5.88. The molecule has 0 radical (unpaired) electrons. The van der Waals surface area contributed by atoms with Gasteiger partial charge in [-0.15, -0.1) is 12.4 Å². The summed E-state index contributed by atoms with van der Waals surface area (Å²) in [6.07, 6.45) is 5.04. The van der Waals surface area contributed by atoms with E-state index in [0.717, 1.165) is 64.8 Å². The Morgan fingerprint density at radius 1 is 0.810 bits per heavy atom. The molecule has 2 amide bonds. The second kappa shape index (κ2) is 7.45. The number of piperidine rings is 1. The van der Waals surface area contributed by atoms with Gasteiger partial charge >= 0.3 is 0 Å². The van der Waals surface area contributed by atoms with Crippen LogP contribution in [0.3, 0.4) is 0 Å². The standard InChI is InChI=1S/C15H25N3O2.ClH/c19-14(12-4-5-12)18-8-1-3-13(11-18)15(20)17-9-2-6-16-7-10-17;/h12-13,16H,1-11H2;1H. The van der Waals surface area contributed by atoms with Crippen LogP contribution < -0.4 is 5.32 Å². The third kappa shape index (κ3) is 4.10. The molecule has 6 heteroatoms. The number of halogens is 1. The minimum Gasteiger partial charge on any atom is -0.342 e. The van der Waals surface area contributed by atoms with E-state index < -0.39 is 0 Å². The summed E-state index contributed by atoms with van der Waals surface area (Å²) in [5, 5.41) is 3.33. The van der Waals surface area contributed by atoms with Crippen LogP contribution in [0.25, 0.3) is 0 Å². The first kappa shape index (κ1) is 16.6. The number of nitrogens with zero attached hydrogens (tertiary/aromatic N) is 2. The van der Waals surface area contributed by atoms with Crippen molar-refractivity contribution in [1.29, 1.82) is 0 Å². The van der Waals surface area contributed by atoms with Gasteiger partial charge in [0.05, 0.1) is 5.92 Å². The Morgan fingerprint density at radius 3 is 2.29 bits per heavy atom. The fourth-order valence-corrected chi connectivity index (χ4v) is 3.29. The van der Waals surface area contributed by atoms with Gasteiger partial charge in [-0.05, 0) is 38.6 Å². The Hall–Kier alpha value is -0.810. The highest BCUT2D eigenvalue weighted by molar-refractivity contribution is 5.85. The Labute approximate surface area is 132 Å². The van der Waals surface area contributed by atoms with E-state index in [1.165, 1.54) is 0 Å². The average molecular weight is 316 g/mol. The normalized spacial score (nSPS) is 26.8. The van der Waals surface area contributed by atoms with Gasteiger partial charge in [0.25, 0.3) is 0 Å². The zero-order valence-electron chi connectivity index (χ0n) is 12.6. The summed E-state index contributed by atoms with van der Waals surface area (Å²) in [6.45, 7) is 5.06. The molecule has 1 atom stereocenters. The van der Waals surface area contributed by atoms with Crippen LogP contribution in [0.5, 0.6) is 0 Å². The Morgan fingerprint density at radius 2 is 1.52 bits per heavy atom. The van der Waals surface area contributed by atoms with Crippen LogP contribution in [0.2, 0.25) is 0 Å². The number of likely N-dealkylation sites (tertiary alicyclic amines) is 1. The van der Waals surface area contributed by atoms with Crippen molar-refractivity contribution >= 4 is 24.2 Å². The van der Waals surface area contributed by atoms with Crippen molar-refractivity contribution in [2.24, 2.45) is 11.8 Å². The molecule has 5 nitrogen and oxygen atoms in total. The van der Waals surface area contributed by atoms with Crippen molar-refractivity contribution in [2.75, 3.05) is 39.3 Å². The number of hydrogen-bond donors (Lipinski definition) is 1. The molecular weight excluding hydrogens is 290 g/mol. The monoisotopic (exact) mass is 315 g/mol. The second-order valence-electron chi connectivity index (χ2n) is 6.33. The van der Waals surface area contributed by atoms with E-state index in [-0.39, 0.29) is 30.2 Å². The molecule has 21 heavy (non-hydrogen) atoms. The fourth-order valence-electron chi connectivity index (χ4n) is 3.29. The van der Waals surface area contributed by atoms with Gasteiger partial charge in [-0.1, -0.05) is 0 Å². The number of amides is 2. The zero-order valence-corrected chi connectivity index (χ0v) is 13.4. The number of carbonyl (C=O) groups is 2. The molecule has 2 heterocycles. The van der Waals surface area contributed by atoms with Crippen molar-refractivity contribution in [1.82, 2.24) is 15.1 Å². The lowest BCUT2D eigenvalue weighted by Gasteiger charge is -2.34. The average Bonchev–Trinajstić information content (AvgIpc) is 3.32. The summed E-state index contributed by atoms with van der Waals surface area (Å²) in [5.74, 6) is 0.859. The van der Waals surface area contributed by atoms with Crippen LogP contribution in [-0.4, -0.2) is 60.9 Å². The number of carbonyl (C=O) groups excluding carboxylic acids is 2. The van der Waals surface area contributed by atoms with Gasteiger partial charge in [-0.3, -0.25) is 9.59 Å². The Balaban J connectivity index is 0.00000161. The van der Waals surface area contributed by atoms with E-state index in [9.17, 15) is 9.59 Å². The predicted molar refractivity (Wildman–Crippen MR) is 83.3 cm³/mol. The number of nitrogens with one attached hydrogen (secondary N) is 1. The molecule has 0 aromatic carbocycles. The molecule has 1 saturated carbocycles. The maximum absolute atomic E-state index is 12.6. The second-order valence-corrected chi connectivity index (χ2v) is 6.33. The minimum absolute atomic E-state index is 0. The van der Waals surface area contributed by atoms with Crippen molar-refractivity contribution in [3.05, 3.63) is 0 Å². The molecule has 0 spiro atoms. The highest BCUT2D eigenvalue weighted by Crippen LogP contribution is 2.32. The van der Waals surface area contributed by atoms with Crippen LogP contribution in [0, 0.1) is 11.8 Å². The van der Waals surface area contributed by atoms with Crippen LogP contribution in [-0.2, 0) is 9.59 Å². The molecule has 2 saturated heterocycles. The van der Waals surface area contributed by atoms with Gasteiger partial charge in [0.15, 0.2) is 0 Å². The molecular formula is C15H26ClN3O2. The minimum atomic E-state index is 0. The van der Waals surface area contributed by atoms with Crippen molar-refractivity contribution in [3.8, 4) is 0 Å². The van der Waals surface area contributed by atoms with Crippen molar-refractivity contribution < 1.29 is 9.59 Å². The molecule has 3 fully saturated rings. The van der Waals surface area contributed by atoms with E-state index in [0.29, 0.717) is 12.5 Å². The summed E-state index contributed by atoms with van der Waals surface area (Å²) in [7, 11) is 0. The molecule has 0 aromatic rings. The summed E-state index contributed by atoms with van der Waals surface area (Å²) < 4.78 is 0.